The van der Waals surface area contributed by atoms with Crippen LogP contribution in [0.25, 0.3) is 0 Å². The van der Waals surface area contributed by atoms with Gasteiger partial charge >= 0.3 is 7.60 Å². The van der Waals surface area contributed by atoms with Crippen molar-refractivity contribution in [3.05, 3.63) is 66.2 Å². The highest BCUT2D eigenvalue weighted by molar-refractivity contribution is 7.92. The van der Waals surface area contributed by atoms with E-state index in [1.54, 1.807) is 44.2 Å². The van der Waals surface area contributed by atoms with Crippen LogP contribution in [-0.2, 0) is 23.4 Å². The molecule has 0 bridgehead atoms. The van der Waals surface area contributed by atoms with Crippen molar-refractivity contribution in [2.24, 2.45) is 0 Å². The fourth-order valence-electron chi connectivity index (χ4n) is 3.60. The number of rotatable bonds is 8. The molecule has 0 aliphatic carbocycles. The van der Waals surface area contributed by atoms with Crippen LogP contribution in [0.15, 0.2) is 65.6 Å². The minimum atomic E-state index is -3.65. The molecule has 0 saturated carbocycles. The molecule has 1 heterocycles. The molecule has 0 aromatic heterocycles. The van der Waals surface area contributed by atoms with E-state index in [1.165, 1.54) is 0 Å². The summed E-state index contributed by atoms with van der Waals surface area (Å²) >= 11 is 0. The first-order valence-electron chi connectivity index (χ1n) is 9.41. The highest BCUT2D eigenvalue weighted by Crippen LogP contribution is 2.57. The Hall–Kier alpha value is -1.50. The minimum Gasteiger partial charge on any atom is -0.308 e. The van der Waals surface area contributed by atoms with E-state index in [9.17, 15) is 13.0 Å². The second-order valence-corrected chi connectivity index (χ2v) is 11.0. The number of nitrogens with one attached hydrogen (secondary N) is 1. The maximum atomic E-state index is 13.4. The van der Waals surface area contributed by atoms with E-state index < -0.39 is 34.5 Å². The third-order valence-electron chi connectivity index (χ3n) is 4.83. The summed E-state index contributed by atoms with van der Waals surface area (Å²) in [6.07, 6.45) is 0.147. The topological polar surface area (TPSA) is 81.7 Å². The molecule has 152 valence electrons. The Morgan fingerprint density at radius 2 is 1.50 bits per heavy atom. The normalized spacial score (nSPS) is 23.0. The van der Waals surface area contributed by atoms with Crippen molar-refractivity contribution < 1.29 is 22.0 Å². The van der Waals surface area contributed by atoms with Gasteiger partial charge in [-0.05, 0) is 38.0 Å². The summed E-state index contributed by atoms with van der Waals surface area (Å²) in [7, 11) is -7.15. The van der Waals surface area contributed by atoms with E-state index >= 15 is 0 Å². The lowest BCUT2D eigenvalue weighted by Gasteiger charge is -2.23. The average Bonchev–Trinajstić information content (AvgIpc) is 3.17. The van der Waals surface area contributed by atoms with Crippen molar-refractivity contribution in [3.63, 3.8) is 0 Å². The molecule has 0 amide bonds. The Labute approximate surface area is 166 Å². The number of hydrogen-bond acceptors (Lipinski definition) is 6. The summed E-state index contributed by atoms with van der Waals surface area (Å²) in [5, 5.41) is 2.47. The zero-order chi connectivity index (χ0) is 20.2. The van der Waals surface area contributed by atoms with Gasteiger partial charge in [0.2, 0.25) is 0 Å². The predicted octanol–water partition coefficient (Wildman–Crippen LogP) is 4.16. The summed E-state index contributed by atoms with van der Waals surface area (Å²) in [5.74, 6) is -0.693. The van der Waals surface area contributed by atoms with Crippen molar-refractivity contribution in [2.45, 2.75) is 42.2 Å². The molecule has 1 fully saturated rings. The van der Waals surface area contributed by atoms with E-state index in [0.717, 1.165) is 5.56 Å². The SMILES string of the molecule is CCOP(=O)(OCC)[C@H]1C[C@H](S(=O)(=O)c2ccccc2)[C@@H](c2ccccc2)N1. The lowest BCUT2D eigenvalue weighted by molar-refractivity contribution is 0.209. The molecular weight excluding hydrogens is 397 g/mol. The van der Waals surface area contributed by atoms with Gasteiger partial charge in [-0.2, -0.15) is 0 Å². The summed E-state index contributed by atoms with van der Waals surface area (Å²) in [6.45, 7) is 3.93. The molecule has 1 aliphatic rings. The monoisotopic (exact) mass is 423 g/mol. The smallest absolute Gasteiger partial charge is 0.308 e. The molecule has 3 atom stereocenters. The van der Waals surface area contributed by atoms with Crippen LogP contribution in [0.4, 0.5) is 0 Å². The largest absolute Gasteiger partial charge is 0.347 e. The van der Waals surface area contributed by atoms with Crippen molar-refractivity contribution in [1.82, 2.24) is 5.32 Å². The first kappa shape index (κ1) is 21.2. The van der Waals surface area contributed by atoms with Gasteiger partial charge in [-0.1, -0.05) is 48.5 Å². The van der Waals surface area contributed by atoms with Crippen molar-refractivity contribution in [3.8, 4) is 0 Å². The zero-order valence-corrected chi connectivity index (χ0v) is 17.7. The highest BCUT2D eigenvalue weighted by atomic mass is 32.2. The Balaban J connectivity index is 2.02. The molecule has 1 N–H and O–H groups in total. The Bertz CT molecular complexity index is 910. The minimum absolute atomic E-state index is 0.147. The summed E-state index contributed by atoms with van der Waals surface area (Å²) in [5.41, 5.74) is 0.828. The van der Waals surface area contributed by atoms with Gasteiger partial charge in [-0.15, -0.1) is 0 Å². The highest BCUT2D eigenvalue weighted by Gasteiger charge is 2.50. The first-order valence-corrected chi connectivity index (χ1v) is 12.6. The van der Waals surface area contributed by atoms with Gasteiger partial charge < -0.3 is 9.05 Å². The molecule has 28 heavy (non-hydrogen) atoms. The van der Waals surface area contributed by atoms with Crippen LogP contribution >= 0.6 is 7.60 Å². The Morgan fingerprint density at radius 3 is 2.04 bits per heavy atom. The molecule has 0 unspecified atom stereocenters. The number of benzene rings is 2. The fraction of sp³-hybridized carbons (Fsp3) is 0.400. The van der Waals surface area contributed by atoms with Crippen LogP contribution < -0.4 is 5.32 Å². The van der Waals surface area contributed by atoms with Crippen LogP contribution in [0.1, 0.15) is 31.9 Å². The van der Waals surface area contributed by atoms with Crippen LogP contribution in [0.3, 0.4) is 0 Å². The molecule has 8 heteroatoms. The zero-order valence-electron chi connectivity index (χ0n) is 16.0. The second-order valence-electron chi connectivity index (χ2n) is 6.58. The van der Waals surface area contributed by atoms with E-state index in [-0.39, 0.29) is 24.5 Å². The third-order valence-corrected chi connectivity index (χ3v) is 9.38. The van der Waals surface area contributed by atoms with Gasteiger partial charge in [-0.25, -0.2) is 8.42 Å². The molecular formula is C20H26NO5PS. The predicted molar refractivity (Wildman–Crippen MR) is 109 cm³/mol. The van der Waals surface area contributed by atoms with E-state index in [0.29, 0.717) is 0 Å². The standard InChI is InChI=1S/C20H26NO5PS/c1-3-25-27(22,26-4-2)19-15-18(20(21-19)16-11-7-5-8-12-16)28(23,24)17-13-9-6-10-14-17/h5-14,18-21H,3-4,15H2,1-2H3/t18-,19-,20+/m0/s1. The maximum Gasteiger partial charge on any atom is 0.347 e. The second kappa shape index (κ2) is 8.89. The van der Waals surface area contributed by atoms with Crippen LogP contribution in [-0.4, -0.2) is 32.7 Å². The maximum absolute atomic E-state index is 13.4. The van der Waals surface area contributed by atoms with Gasteiger partial charge in [0.1, 0.15) is 5.78 Å². The Kier molecular flexibility index (Phi) is 6.73. The van der Waals surface area contributed by atoms with Crippen molar-refractivity contribution in [1.29, 1.82) is 0 Å². The quantitative estimate of drug-likeness (QED) is 0.642. The fourth-order valence-corrected chi connectivity index (χ4v) is 7.65. The summed E-state index contributed by atoms with van der Waals surface area (Å²) in [6, 6.07) is 17.2. The molecule has 0 radical (unpaired) electrons. The van der Waals surface area contributed by atoms with Crippen molar-refractivity contribution >= 4 is 17.4 Å². The van der Waals surface area contributed by atoms with Gasteiger partial charge in [0.25, 0.3) is 0 Å². The van der Waals surface area contributed by atoms with Gasteiger partial charge in [-0.3, -0.25) is 9.88 Å². The van der Waals surface area contributed by atoms with Crippen molar-refractivity contribution in [2.75, 3.05) is 13.2 Å². The van der Waals surface area contributed by atoms with Gasteiger partial charge in [0, 0.05) is 0 Å². The van der Waals surface area contributed by atoms with Crippen LogP contribution in [0.5, 0.6) is 0 Å². The van der Waals surface area contributed by atoms with E-state index in [4.69, 9.17) is 9.05 Å². The molecule has 1 saturated heterocycles. The average molecular weight is 423 g/mol. The first-order chi connectivity index (χ1) is 13.4. The molecule has 2 aromatic carbocycles. The van der Waals surface area contributed by atoms with E-state index in [2.05, 4.69) is 5.32 Å². The molecule has 2 aromatic rings. The molecule has 6 nitrogen and oxygen atoms in total. The molecule has 0 spiro atoms. The van der Waals surface area contributed by atoms with E-state index in [1.807, 2.05) is 30.3 Å². The summed E-state index contributed by atoms with van der Waals surface area (Å²) < 4.78 is 51.1. The number of hydrogen-bond donors (Lipinski definition) is 1. The number of sulfone groups is 1. The summed E-state index contributed by atoms with van der Waals surface area (Å²) in [4.78, 5) is 0.256. The lowest BCUT2D eigenvalue weighted by Crippen LogP contribution is -2.30. The Morgan fingerprint density at radius 1 is 0.964 bits per heavy atom. The molecule has 1 aliphatic heterocycles. The lowest BCUT2D eigenvalue weighted by atomic mass is 10.1. The third kappa shape index (κ3) is 4.24. The molecule has 3 rings (SSSR count). The van der Waals surface area contributed by atoms with Crippen LogP contribution in [0, 0.1) is 0 Å². The van der Waals surface area contributed by atoms with Gasteiger partial charge in [0.05, 0.1) is 29.4 Å². The van der Waals surface area contributed by atoms with Gasteiger partial charge in [0.15, 0.2) is 9.84 Å². The van der Waals surface area contributed by atoms with Crippen LogP contribution in [0.2, 0.25) is 0 Å².